The second-order valence-corrected chi connectivity index (χ2v) is 6.85. The minimum absolute atomic E-state index is 0.542. The number of benzene rings is 2. The summed E-state index contributed by atoms with van der Waals surface area (Å²) in [4.78, 5) is 0. The highest BCUT2D eigenvalue weighted by atomic mass is 79.9. The topological polar surface area (TPSA) is 18.5 Å². The Labute approximate surface area is 158 Å². The predicted molar refractivity (Wildman–Crippen MR) is 104 cm³/mol. The third-order valence-corrected chi connectivity index (χ3v) is 4.66. The van der Waals surface area contributed by atoms with Gasteiger partial charge in [-0.2, -0.15) is 0 Å². The number of unbranched alkanes of at least 4 members (excludes halogenated alkanes) is 2. The molecule has 0 atom stereocenters. The quantitative estimate of drug-likeness (QED) is 0.333. The van der Waals surface area contributed by atoms with Crippen molar-refractivity contribution in [3.05, 3.63) is 58.1 Å². The average molecular weight is 412 g/mol. The summed E-state index contributed by atoms with van der Waals surface area (Å²) in [6.45, 7) is 3.39. The summed E-state index contributed by atoms with van der Waals surface area (Å²) in [5, 5.41) is 0. The zero-order chi connectivity index (χ0) is 17.2. The summed E-state index contributed by atoms with van der Waals surface area (Å²) in [6.07, 6.45) is 4.08. The van der Waals surface area contributed by atoms with Crippen LogP contribution in [0.15, 0.2) is 46.9 Å². The monoisotopic (exact) mass is 410 g/mol. The van der Waals surface area contributed by atoms with E-state index in [9.17, 15) is 0 Å². The summed E-state index contributed by atoms with van der Waals surface area (Å²) in [7, 11) is 0. The molecule has 4 heteroatoms. The SMILES string of the molecule is CCc1cc(Br)c(OCc2ccccc2)cc1OCCCCCCl. The van der Waals surface area contributed by atoms with E-state index in [-0.39, 0.29) is 0 Å². The van der Waals surface area contributed by atoms with Crippen molar-refractivity contribution >= 4 is 27.5 Å². The van der Waals surface area contributed by atoms with Gasteiger partial charge in [-0.25, -0.2) is 0 Å². The molecule has 0 aliphatic carbocycles. The fraction of sp³-hybridized carbons (Fsp3) is 0.400. The van der Waals surface area contributed by atoms with Crippen LogP contribution in [0.25, 0.3) is 0 Å². The molecule has 130 valence electrons. The number of halogens is 2. The zero-order valence-corrected chi connectivity index (χ0v) is 16.4. The maximum atomic E-state index is 5.98. The summed E-state index contributed by atoms with van der Waals surface area (Å²) in [5.74, 6) is 2.44. The largest absolute Gasteiger partial charge is 0.493 e. The van der Waals surface area contributed by atoms with Crippen molar-refractivity contribution in [2.75, 3.05) is 12.5 Å². The molecule has 0 saturated heterocycles. The lowest BCUT2D eigenvalue weighted by atomic mass is 10.1. The number of alkyl halides is 1. The van der Waals surface area contributed by atoms with Crippen LogP contribution >= 0.6 is 27.5 Å². The van der Waals surface area contributed by atoms with Crippen molar-refractivity contribution in [2.45, 2.75) is 39.2 Å². The van der Waals surface area contributed by atoms with Crippen molar-refractivity contribution < 1.29 is 9.47 Å². The highest BCUT2D eigenvalue weighted by molar-refractivity contribution is 9.10. The Kier molecular flexibility index (Phi) is 8.48. The van der Waals surface area contributed by atoms with E-state index in [0.29, 0.717) is 13.2 Å². The first-order valence-corrected chi connectivity index (χ1v) is 9.75. The summed E-state index contributed by atoms with van der Waals surface area (Å²) in [6, 6.07) is 14.2. The minimum Gasteiger partial charge on any atom is -0.493 e. The van der Waals surface area contributed by atoms with E-state index >= 15 is 0 Å². The van der Waals surface area contributed by atoms with Gasteiger partial charge in [0.05, 0.1) is 11.1 Å². The summed E-state index contributed by atoms with van der Waals surface area (Å²) >= 11 is 9.31. The Bertz CT molecular complexity index is 617. The molecule has 0 aliphatic rings. The molecule has 2 nitrogen and oxygen atoms in total. The van der Waals surface area contributed by atoms with Gasteiger partial charge in [-0.15, -0.1) is 11.6 Å². The van der Waals surface area contributed by atoms with E-state index < -0.39 is 0 Å². The van der Waals surface area contributed by atoms with Crippen molar-refractivity contribution in [1.82, 2.24) is 0 Å². The summed E-state index contributed by atoms with van der Waals surface area (Å²) in [5.41, 5.74) is 2.33. The second kappa shape index (κ2) is 10.6. The van der Waals surface area contributed by atoms with Gasteiger partial charge in [-0.1, -0.05) is 37.3 Å². The number of rotatable bonds is 10. The molecule has 0 amide bonds. The van der Waals surface area contributed by atoms with Crippen molar-refractivity contribution in [1.29, 1.82) is 0 Å². The molecule has 2 aromatic carbocycles. The van der Waals surface area contributed by atoms with Gasteiger partial charge >= 0.3 is 0 Å². The molecule has 0 bridgehead atoms. The Morgan fingerprint density at radius 2 is 1.75 bits per heavy atom. The van der Waals surface area contributed by atoms with Crippen LogP contribution in [0.5, 0.6) is 11.5 Å². The van der Waals surface area contributed by atoms with E-state index in [1.165, 1.54) is 5.56 Å². The molecule has 0 radical (unpaired) electrons. The van der Waals surface area contributed by atoms with Crippen LogP contribution in [0.3, 0.4) is 0 Å². The van der Waals surface area contributed by atoms with Crippen molar-refractivity contribution in [3.63, 3.8) is 0 Å². The van der Waals surface area contributed by atoms with E-state index in [2.05, 4.69) is 41.1 Å². The lowest BCUT2D eigenvalue weighted by Gasteiger charge is -2.15. The molecule has 0 N–H and O–H groups in total. The highest BCUT2D eigenvalue weighted by Gasteiger charge is 2.10. The Balaban J connectivity index is 2.01. The number of ether oxygens (including phenoxy) is 2. The van der Waals surface area contributed by atoms with Crippen LogP contribution < -0.4 is 9.47 Å². The van der Waals surface area contributed by atoms with Gasteiger partial charge in [-0.05, 0) is 58.8 Å². The Hall–Kier alpha value is -1.19. The molecule has 0 fully saturated rings. The first-order chi connectivity index (χ1) is 11.7. The number of hydrogen-bond acceptors (Lipinski definition) is 2. The normalized spacial score (nSPS) is 10.6. The van der Waals surface area contributed by atoms with Gasteiger partial charge in [-0.3, -0.25) is 0 Å². The zero-order valence-electron chi connectivity index (χ0n) is 14.1. The lowest BCUT2D eigenvalue weighted by molar-refractivity contribution is 0.287. The standard InChI is InChI=1S/C20H24BrClO2/c1-2-17-13-18(21)20(24-15-16-9-5-3-6-10-16)14-19(17)23-12-8-4-7-11-22/h3,5-6,9-10,13-14H,2,4,7-8,11-12,15H2,1H3. The Morgan fingerprint density at radius 1 is 0.958 bits per heavy atom. The van der Waals surface area contributed by atoms with Crippen LogP contribution in [0.4, 0.5) is 0 Å². The molecule has 0 aliphatic heterocycles. The number of aryl methyl sites for hydroxylation is 1. The molecule has 0 aromatic heterocycles. The first-order valence-electron chi connectivity index (χ1n) is 8.42. The van der Waals surface area contributed by atoms with E-state index in [1.807, 2.05) is 24.3 Å². The lowest BCUT2D eigenvalue weighted by Crippen LogP contribution is -2.02. The third-order valence-electron chi connectivity index (χ3n) is 3.77. The fourth-order valence-electron chi connectivity index (χ4n) is 2.39. The van der Waals surface area contributed by atoms with E-state index in [4.69, 9.17) is 21.1 Å². The molecule has 24 heavy (non-hydrogen) atoms. The van der Waals surface area contributed by atoms with Crippen LogP contribution in [0.1, 0.15) is 37.3 Å². The van der Waals surface area contributed by atoms with Gasteiger partial charge in [0, 0.05) is 11.9 Å². The van der Waals surface area contributed by atoms with Crippen LogP contribution in [-0.4, -0.2) is 12.5 Å². The third kappa shape index (κ3) is 6.03. The number of hydrogen-bond donors (Lipinski definition) is 0. The highest BCUT2D eigenvalue weighted by Crippen LogP contribution is 2.34. The first kappa shape index (κ1) is 19.1. The minimum atomic E-state index is 0.542. The van der Waals surface area contributed by atoms with Gasteiger partial charge in [0.25, 0.3) is 0 Å². The average Bonchev–Trinajstić information content (AvgIpc) is 2.62. The molecular weight excluding hydrogens is 388 g/mol. The summed E-state index contributed by atoms with van der Waals surface area (Å²) < 4.78 is 12.9. The van der Waals surface area contributed by atoms with Crippen molar-refractivity contribution in [2.24, 2.45) is 0 Å². The molecular formula is C20H24BrClO2. The predicted octanol–water partition coefficient (Wildman–Crippen LogP) is 6.38. The molecule has 0 saturated carbocycles. The maximum Gasteiger partial charge on any atom is 0.137 e. The van der Waals surface area contributed by atoms with Gasteiger partial charge in [0.15, 0.2) is 0 Å². The van der Waals surface area contributed by atoms with Crippen LogP contribution in [-0.2, 0) is 13.0 Å². The van der Waals surface area contributed by atoms with Crippen molar-refractivity contribution in [3.8, 4) is 11.5 Å². The molecule has 0 spiro atoms. The molecule has 2 rings (SSSR count). The maximum absolute atomic E-state index is 5.98. The Morgan fingerprint density at radius 3 is 2.46 bits per heavy atom. The molecule has 0 unspecified atom stereocenters. The van der Waals surface area contributed by atoms with E-state index in [0.717, 1.165) is 53.1 Å². The van der Waals surface area contributed by atoms with Crippen LogP contribution in [0.2, 0.25) is 0 Å². The smallest absolute Gasteiger partial charge is 0.137 e. The second-order valence-electron chi connectivity index (χ2n) is 5.62. The van der Waals surface area contributed by atoms with Crippen LogP contribution in [0, 0.1) is 0 Å². The molecule has 2 aromatic rings. The fourth-order valence-corrected chi connectivity index (χ4v) is 3.08. The van der Waals surface area contributed by atoms with Gasteiger partial charge < -0.3 is 9.47 Å². The van der Waals surface area contributed by atoms with Gasteiger partial charge in [0.1, 0.15) is 18.1 Å². The molecule has 0 heterocycles. The van der Waals surface area contributed by atoms with Gasteiger partial charge in [0.2, 0.25) is 0 Å². The van der Waals surface area contributed by atoms with E-state index in [1.54, 1.807) is 0 Å².